The van der Waals surface area contributed by atoms with Gasteiger partial charge in [-0.1, -0.05) is 18.2 Å². The van der Waals surface area contributed by atoms with Crippen molar-refractivity contribution in [1.29, 1.82) is 0 Å². The van der Waals surface area contributed by atoms with Crippen LogP contribution in [0.2, 0.25) is 0 Å². The Bertz CT molecular complexity index is 814. The topological polar surface area (TPSA) is 39.4 Å². The molecule has 1 aromatic heterocycles. The molecule has 3 heteroatoms. The first-order chi connectivity index (χ1) is 9.83. The molecule has 0 saturated carbocycles. The summed E-state index contributed by atoms with van der Waals surface area (Å²) in [5, 5.41) is 0.856. The van der Waals surface area contributed by atoms with Crippen LogP contribution in [-0.2, 0) is 6.42 Å². The smallest absolute Gasteiger partial charge is 0.196 e. The molecule has 0 unspecified atom stereocenters. The average Bonchev–Trinajstić information content (AvgIpc) is 3.12. The lowest BCUT2D eigenvalue weighted by molar-refractivity contribution is 0.103. The zero-order valence-electron chi connectivity index (χ0n) is 10.8. The number of carbonyl (C=O) groups is 1. The zero-order valence-corrected chi connectivity index (χ0v) is 10.8. The van der Waals surface area contributed by atoms with E-state index in [1.54, 1.807) is 0 Å². The maximum Gasteiger partial charge on any atom is 0.196 e. The predicted octanol–water partition coefficient (Wildman–Crippen LogP) is 3.60. The van der Waals surface area contributed by atoms with Gasteiger partial charge in [0.05, 0.1) is 12.2 Å². The molecule has 1 aliphatic heterocycles. The van der Waals surface area contributed by atoms with Crippen LogP contribution in [0.15, 0.2) is 53.1 Å². The fourth-order valence-corrected chi connectivity index (χ4v) is 2.64. The van der Waals surface area contributed by atoms with Crippen LogP contribution in [0.25, 0.3) is 11.0 Å². The van der Waals surface area contributed by atoms with Crippen molar-refractivity contribution >= 4 is 16.8 Å². The Kier molecular flexibility index (Phi) is 2.39. The van der Waals surface area contributed by atoms with Crippen LogP contribution < -0.4 is 4.74 Å². The maximum atomic E-state index is 12.6. The van der Waals surface area contributed by atoms with E-state index in [2.05, 4.69) is 0 Å². The van der Waals surface area contributed by atoms with Gasteiger partial charge in [-0.25, -0.2) is 0 Å². The second kappa shape index (κ2) is 4.23. The summed E-state index contributed by atoms with van der Waals surface area (Å²) < 4.78 is 10.9. The quantitative estimate of drug-likeness (QED) is 0.664. The number of ketones is 1. The summed E-state index contributed by atoms with van der Waals surface area (Å²) in [5.41, 5.74) is 3.13. The Morgan fingerprint density at radius 3 is 2.95 bits per heavy atom. The van der Waals surface area contributed by atoms with Crippen LogP contribution in [-0.4, -0.2) is 12.4 Å². The minimum Gasteiger partial charge on any atom is -0.493 e. The Balaban J connectivity index is 1.80. The number of ether oxygens (including phenoxy) is 1. The highest BCUT2D eigenvalue weighted by molar-refractivity contribution is 6.15. The Hall–Kier alpha value is -2.55. The second-order valence-electron chi connectivity index (χ2n) is 4.90. The van der Waals surface area contributed by atoms with E-state index >= 15 is 0 Å². The fraction of sp³-hybridized carbons (Fsp3) is 0.118. The molecule has 0 atom stereocenters. The first-order valence-corrected chi connectivity index (χ1v) is 6.59. The molecule has 0 amide bonds. The molecule has 3 nitrogen and oxygen atoms in total. The molecular weight excluding hydrogens is 252 g/mol. The van der Waals surface area contributed by atoms with Crippen molar-refractivity contribution in [3.63, 3.8) is 0 Å². The third-order valence-electron chi connectivity index (χ3n) is 3.68. The van der Waals surface area contributed by atoms with Crippen molar-refractivity contribution < 1.29 is 13.9 Å². The third kappa shape index (κ3) is 1.63. The number of carbonyl (C=O) groups excluding carboxylic acids is 1. The molecule has 3 aromatic rings. The minimum absolute atomic E-state index is 0.00958. The monoisotopic (exact) mass is 264 g/mol. The molecule has 20 heavy (non-hydrogen) atoms. The van der Waals surface area contributed by atoms with Crippen molar-refractivity contribution in [2.24, 2.45) is 0 Å². The number of furan rings is 1. The standard InChI is InChI=1S/C17H12O3/c18-17(12-5-6-15-11(9-12)7-8-19-15)14-10-20-16-4-2-1-3-13(14)16/h1-6,9-10H,7-8H2. The van der Waals surface area contributed by atoms with E-state index in [0.29, 0.717) is 17.7 Å². The second-order valence-corrected chi connectivity index (χ2v) is 4.90. The first kappa shape index (κ1) is 11.3. The highest BCUT2D eigenvalue weighted by Crippen LogP contribution is 2.28. The van der Waals surface area contributed by atoms with Gasteiger partial charge in [-0.3, -0.25) is 4.79 Å². The number of hydrogen-bond acceptors (Lipinski definition) is 3. The van der Waals surface area contributed by atoms with Crippen LogP contribution >= 0.6 is 0 Å². The highest BCUT2D eigenvalue weighted by atomic mass is 16.5. The van der Waals surface area contributed by atoms with E-state index in [-0.39, 0.29) is 5.78 Å². The number of para-hydroxylation sites is 1. The largest absolute Gasteiger partial charge is 0.493 e. The van der Waals surface area contributed by atoms with Gasteiger partial charge in [-0.2, -0.15) is 0 Å². The molecular formula is C17H12O3. The molecule has 0 bridgehead atoms. The van der Waals surface area contributed by atoms with Crippen LogP contribution in [0.3, 0.4) is 0 Å². The summed E-state index contributed by atoms with van der Waals surface area (Å²) in [4.78, 5) is 12.6. The average molecular weight is 264 g/mol. The number of rotatable bonds is 2. The van der Waals surface area contributed by atoms with E-state index in [1.165, 1.54) is 6.26 Å². The Labute approximate surface area is 115 Å². The predicted molar refractivity (Wildman–Crippen MR) is 75.3 cm³/mol. The molecule has 0 fully saturated rings. The van der Waals surface area contributed by atoms with Gasteiger partial charge in [0.15, 0.2) is 5.78 Å². The molecule has 0 N–H and O–H groups in total. The zero-order chi connectivity index (χ0) is 13.5. The van der Waals surface area contributed by atoms with Crippen LogP contribution in [0.5, 0.6) is 5.75 Å². The lowest BCUT2D eigenvalue weighted by atomic mass is 10.00. The molecule has 0 radical (unpaired) electrons. The summed E-state index contributed by atoms with van der Waals surface area (Å²) >= 11 is 0. The lowest BCUT2D eigenvalue weighted by Crippen LogP contribution is -2.00. The third-order valence-corrected chi connectivity index (χ3v) is 3.68. The Morgan fingerprint density at radius 1 is 1.10 bits per heavy atom. The van der Waals surface area contributed by atoms with Crippen molar-refractivity contribution in [2.45, 2.75) is 6.42 Å². The molecule has 98 valence electrons. The maximum absolute atomic E-state index is 12.6. The Morgan fingerprint density at radius 2 is 2.00 bits per heavy atom. The van der Waals surface area contributed by atoms with Gasteiger partial charge in [0.25, 0.3) is 0 Å². The van der Waals surface area contributed by atoms with Crippen molar-refractivity contribution in [3.8, 4) is 5.75 Å². The van der Waals surface area contributed by atoms with Crippen LogP contribution in [0, 0.1) is 0 Å². The molecule has 2 aromatic carbocycles. The number of fused-ring (bicyclic) bond motifs is 2. The van der Waals surface area contributed by atoms with Gasteiger partial charge in [0.2, 0.25) is 0 Å². The minimum atomic E-state index is -0.00958. The summed E-state index contributed by atoms with van der Waals surface area (Å²) in [6.07, 6.45) is 2.40. The molecule has 1 aliphatic rings. The van der Waals surface area contributed by atoms with E-state index < -0.39 is 0 Å². The van der Waals surface area contributed by atoms with Gasteiger partial charge in [-0.05, 0) is 29.8 Å². The van der Waals surface area contributed by atoms with Gasteiger partial charge in [-0.15, -0.1) is 0 Å². The molecule has 0 spiro atoms. The van der Waals surface area contributed by atoms with Gasteiger partial charge < -0.3 is 9.15 Å². The summed E-state index contributed by atoms with van der Waals surface area (Å²) in [6, 6.07) is 13.2. The summed E-state index contributed by atoms with van der Waals surface area (Å²) in [7, 11) is 0. The van der Waals surface area contributed by atoms with Crippen LogP contribution in [0.1, 0.15) is 21.5 Å². The molecule has 4 rings (SSSR count). The van der Waals surface area contributed by atoms with E-state index in [0.717, 1.165) is 28.7 Å². The van der Waals surface area contributed by atoms with Crippen molar-refractivity contribution in [2.75, 3.05) is 6.61 Å². The molecule has 2 heterocycles. The first-order valence-electron chi connectivity index (χ1n) is 6.59. The normalized spacial score (nSPS) is 13.2. The van der Waals surface area contributed by atoms with E-state index in [4.69, 9.17) is 9.15 Å². The summed E-state index contributed by atoms with van der Waals surface area (Å²) in [5.74, 6) is 0.878. The van der Waals surface area contributed by atoms with Gasteiger partial charge >= 0.3 is 0 Å². The molecule has 0 aliphatic carbocycles. The fourth-order valence-electron chi connectivity index (χ4n) is 2.64. The van der Waals surface area contributed by atoms with Crippen molar-refractivity contribution in [3.05, 3.63) is 65.4 Å². The van der Waals surface area contributed by atoms with Gasteiger partial charge in [0, 0.05) is 17.4 Å². The van der Waals surface area contributed by atoms with Gasteiger partial charge in [0.1, 0.15) is 17.6 Å². The lowest BCUT2D eigenvalue weighted by Gasteiger charge is -2.02. The van der Waals surface area contributed by atoms with E-state index in [9.17, 15) is 4.79 Å². The molecule has 0 saturated heterocycles. The van der Waals surface area contributed by atoms with Crippen LogP contribution in [0.4, 0.5) is 0 Å². The van der Waals surface area contributed by atoms with E-state index in [1.807, 2.05) is 42.5 Å². The number of hydrogen-bond donors (Lipinski definition) is 0. The SMILES string of the molecule is O=C(c1ccc2c(c1)CCO2)c1coc2ccccc12. The number of benzene rings is 2. The van der Waals surface area contributed by atoms with Crippen molar-refractivity contribution in [1.82, 2.24) is 0 Å². The highest BCUT2D eigenvalue weighted by Gasteiger charge is 2.18. The summed E-state index contributed by atoms with van der Waals surface area (Å²) in [6.45, 7) is 0.696.